The van der Waals surface area contributed by atoms with E-state index in [-0.39, 0.29) is 0 Å². The molecule has 0 unspecified atom stereocenters. The monoisotopic (exact) mass is 325 g/mol. The van der Waals surface area contributed by atoms with Crippen LogP contribution in [0.1, 0.15) is 11.1 Å². The first-order valence-electron chi connectivity index (χ1n) is 6.26. The van der Waals surface area contributed by atoms with E-state index in [2.05, 4.69) is 50.5 Å². The first-order chi connectivity index (χ1) is 9.78. The van der Waals surface area contributed by atoms with Crippen molar-refractivity contribution in [3.05, 3.63) is 64.3 Å². The first-order valence-corrected chi connectivity index (χ1v) is 7.06. The number of nitrogens with one attached hydrogen (secondary N) is 2. The summed E-state index contributed by atoms with van der Waals surface area (Å²) >= 11 is 3.38. The Hall–Kier alpha value is -2.25. The quantitative estimate of drug-likeness (QED) is 0.749. The second-order valence-electron chi connectivity index (χ2n) is 4.51. The molecule has 3 nitrogen and oxygen atoms in total. The van der Waals surface area contributed by atoms with Crippen molar-refractivity contribution >= 4 is 32.5 Å². The Kier molecular flexibility index (Phi) is 3.44. The van der Waals surface area contributed by atoms with Crippen molar-refractivity contribution in [3.63, 3.8) is 0 Å². The van der Waals surface area contributed by atoms with Crippen molar-refractivity contribution in [1.29, 1.82) is 5.26 Å². The van der Waals surface area contributed by atoms with Gasteiger partial charge < -0.3 is 10.3 Å². The molecule has 0 spiro atoms. The fourth-order valence-electron chi connectivity index (χ4n) is 2.25. The molecule has 0 atom stereocenters. The Labute approximate surface area is 125 Å². The second-order valence-corrected chi connectivity index (χ2v) is 5.43. The fourth-order valence-corrected chi connectivity index (χ4v) is 2.61. The topological polar surface area (TPSA) is 51.6 Å². The fraction of sp³-hybridized carbons (Fsp3) is 0.0625. The number of aromatic nitrogens is 1. The zero-order valence-corrected chi connectivity index (χ0v) is 12.2. The molecular weight excluding hydrogens is 314 g/mol. The maximum atomic E-state index is 9.16. The van der Waals surface area contributed by atoms with Crippen LogP contribution in [-0.4, -0.2) is 4.98 Å². The first kappa shape index (κ1) is 12.8. The van der Waals surface area contributed by atoms with E-state index in [0.29, 0.717) is 12.1 Å². The molecule has 2 aromatic carbocycles. The van der Waals surface area contributed by atoms with Gasteiger partial charge in [-0.3, -0.25) is 0 Å². The van der Waals surface area contributed by atoms with E-state index in [1.54, 1.807) is 0 Å². The molecule has 98 valence electrons. The average molecular weight is 326 g/mol. The second kappa shape index (κ2) is 5.40. The Balaban J connectivity index is 1.87. The summed E-state index contributed by atoms with van der Waals surface area (Å²) in [5.74, 6) is 0. The lowest BCUT2D eigenvalue weighted by atomic mass is 10.1. The molecule has 0 aliphatic heterocycles. The lowest BCUT2D eigenvalue weighted by Gasteiger charge is -2.09. The summed E-state index contributed by atoms with van der Waals surface area (Å²) in [7, 11) is 0. The van der Waals surface area contributed by atoms with Gasteiger partial charge in [-0.15, -0.1) is 0 Å². The molecule has 0 bridgehead atoms. The van der Waals surface area contributed by atoms with Crippen LogP contribution >= 0.6 is 15.9 Å². The number of hydrogen-bond acceptors (Lipinski definition) is 2. The average Bonchev–Trinajstić information content (AvgIpc) is 2.94. The van der Waals surface area contributed by atoms with Gasteiger partial charge in [-0.05, 0) is 35.2 Å². The van der Waals surface area contributed by atoms with Crippen LogP contribution in [0, 0.1) is 11.3 Å². The van der Waals surface area contributed by atoms with Gasteiger partial charge in [0.1, 0.15) is 6.07 Å². The van der Waals surface area contributed by atoms with Gasteiger partial charge in [-0.1, -0.05) is 34.1 Å². The highest BCUT2D eigenvalue weighted by Gasteiger charge is 2.05. The van der Waals surface area contributed by atoms with Crippen LogP contribution in [-0.2, 0) is 6.54 Å². The van der Waals surface area contributed by atoms with Crippen LogP contribution in [0.2, 0.25) is 0 Å². The zero-order chi connectivity index (χ0) is 13.9. The summed E-state index contributed by atoms with van der Waals surface area (Å²) in [5, 5.41) is 13.7. The summed E-state index contributed by atoms with van der Waals surface area (Å²) in [6.07, 6.45) is 1.94. The van der Waals surface area contributed by atoms with E-state index in [1.807, 2.05) is 30.5 Å². The summed E-state index contributed by atoms with van der Waals surface area (Å²) in [6.45, 7) is 0.675. The number of halogens is 1. The Morgan fingerprint density at radius 1 is 1.20 bits per heavy atom. The van der Waals surface area contributed by atoms with E-state index in [0.717, 1.165) is 15.7 Å². The van der Waals surface area contributed by atoms with Gasteiger partial charge in [-0.25, -0.2) is 0 Å². The molecule has 0 amide bonds. The molecule has 1 aromatic heterocycles. The molecule has 0 saturated heterocycles. The SMILES string of the molecule is N#Cc1cc(Br)ccc1NCc1cccc2cc[nH]c12. The molecular formula is C16H12BrN3. The van der Waals surface area contributed by atoms with Gasteiger partial charge in [0.05, 0.1) is 16.8 Å². The number of anilines is 1. The van der Waals surface area contributed by atoms with E-state index >= 15 is 0 Å². The van der Waals surface area contributed by atoms with Crippen LogP contribution < -0.4 is 5.32 Å². The summed E-state index contributed by atoms with van der Waals surface area (Å²) < 4.78 is 0.908. The molecule has 20 heavy (non-hydrogen) atoms. The molecule has 0 fully saturated rings. The smallest absolute Gasteiger partial charge is 0.101 e. The van der Waals surface area contributed by atoms with Gasteiger partial charge in [0.2, 0.25) is 0 Å². The van der Waals surface area contributed by atoms with Crippen molar-refractivity contribution in [3.8, 4) is 6.07 Å². The van der Waals surface area contributed by atoms with Crippen LogP contribution in [0.5, 0.6) is 0 Å². The molecule has 4 heteroatoms. The lowest BCUT2D eigenvalue weighted by molar-refractivity contribution is 1.15. The van der Waals surface area contributed by atoms with Crippen LogP contribution in [0.25, 0.3) is 10.9 Å². The predicted molar refractivity (Wildman–Crippen MR) is 84.5 cm³/mol. The molecule has 0 aliphatic rings. The van der Waals surface area contributed by atoms with E-state index in [1.165, 1.54) is 10.9 Å². The van der Waals surface area contributed by atoms with Crippen LogP contribution in [0.4, 0.5) is 5.69 Å². The number of nitrogens with zero attached hydrogens (tertiary/aromatic N) is 1. The van der Waals surface area contributed by atoms with Gasteiger partial charge in [0.25, 0.3) is 0 Å². The number of rotatable bonds is 3. The maximum Gasteiger partial charge on any atom is 0.101 e. The molecule has 0 aliphatic carbocycles. The summed E-state index contributed by atoms with van der Waals surface area (Å²) in [4.78, 5) is 3.25. The van der Waals surface area contributed by atoms with Crippen LogP contribution in [0.3, 0.4) is 0 Å². The third-order valence-electron chi connectivity index (χ3n) is 3.24. The zero-order valence-electron chi connectivity index (χ0n) is 10.7. The highest BCUT2D eigenvalue weighted by atomic mass is 79.9. The van der Waals surface area contributed by atoms with Gasteiger partial charge in [0.15, 0.2) is 0 Å². The molecule has 1 heterocycles. The number of para-hydroxylation sites is 1. The standard InChI is InChI=1S/C16H12BrN3/c17-14-4-5-15(13(8-14)9-18)20-10-12-3-1-2-11-6-7-19-16(11)12/h1-8,19-20H,10H2. The summed E-state index contributed by atoms with van der Waals surface area (Å²) in [6, 6.07) is 16.1. The molecule has 2 N–H and O–H groups in total. The predicted octanol–water partition coefficient (Wildman–Crippen LogP) is 4.41. The van der Waals surface area contributed by atoms with Crippen molar-refractivity contribution < 1.29 is 0 Å². The van der Waals surface area contributed by atoms with Crippen molar-refractivity contribution in [1.82, 2.24) is 4.98 Å². The lowest BCUT2D eigenvalue weighted by Crippen LogP contribution is -2.01. The molecule has 3 aromatic rings. The van der Waals surface area contributed by atoms with E-state index in [4.69, 9.17) is 5.26 Å². The van der Waals surface area contributed by atoms with E-state index < -0.39 is 0 Å². The number of aromatic amines is 1. The minimum atomic E-state index is 0.637. The van der Waals surface area contributed by atoms with Crippen LogP contribution in [0.15, 0.2) is 53.1 Å². The number of H-pyrrole nitrogens is 1. The Bertz CT molecular complexity index is 799. The number of fused-ring (bicyclic) bond motifs is 1. The van der Waals surface area contributed by atoms with Crippen molar-refractivity contribution in [2.75, 3.05) is 5.32 Å². The van der Waals surface area contributed by atoms with Crippen molar-refractivity contribution in [2.24, 2.45) is 0 Å². The number of benzene rings is 2. The minimum absolute atomic E-state index is 0.637. The normalized spacial score (nSPS) is 10.4. The molecule has 3 rings (SSSR count). The highest BCUT2D eigenvalue weighted by Crippen LogP contribution is 2.22. The highest BCUT2D eigenvalue weighted by molar-refractivity contribution is 9.10. The Morgan fingerprint density at radius 3 is 2.95 bits per heavy atom. The third kappa shape index (κ3) is 2.40. The largest absolute Gasteiger partial charge is 0.380 e. The minimum Gasteiger partial charge on any atom is -0.380 e. The van der Waals surface area contributed by atoms with E-state index in [9.17, 15) is 0 Å². The number of nitriles is 1. The van der Waals surface area contributed by atoms with Gasteiger partial charge >= 0.3 is 0 Å². The molecule has 0 radical (unpaired) electrons. The Morgan fingerprint density at radius 2 is 2.10 bits per heavy atom. The van der Waals surface area contributed by atoms with Gasteiger partial charge in [0, 0.05) is 17.2 Å². The third-order valence-corrected chi connectivity index (χ3v) is 3.74. The van der Waals surface area contributed by atoms with Crippen molar-refractivity contribution in [2.45, 2.75) is 6.54 Å². The summed E-state index contributed by atoms with van der Waals surface area (Å²) in [5.41, 5.74) is 3.80. The molecule has 0 saturated carbocycles. The number of hydrogen-bond donors (Lipinski definition) is 2. The maximum absolute atomic E-state index is 9.16. The van der Waals surface area contributed by atoms with Gasteiger partial charge in [-0.2, -0.15) is 5.26 Å².